The number of pyridine rings is 1. The predicted octanol–water partition coefficient (Wildman–Crippen LogP) is 6.13. The van der Waals surface area contributed by atoms with Gasteiger partial charge < -0.3 is 20.4 Å². The van der Waals surface area contributed by atoms with Gasteiger partial charge in [-0.05, 0) is 48.0 Å². The van der Waals surface area contributed by atoms with Gasteiger partial charge in [0.2, 0.25) is 0 Å². The molecule has 2 aromatic heterocycles. The van der Waals surface area contributed by atoms with E-state index in [1.54, 1.807) is 18.3 Å². The van der Waals surface area contributed by atoms with Crippen molar-refractivity contribution >= 4 is 40.0 Å². The van der Waals surface area contributed by atoms with E-state index < -0.39 is 12.6 Å². The molecule has 0 spiro atoms. The molecular weight excluding hydrogens is 414 g/mol. The van der Waals surface area contributed by atoms with E-state index in [0.29, 0.717) is 11.4 Å². The second-order valence-corrected chi connectivity index (χ2v) is 6.69. The van der Waals surface area contributed by atoms with E-state index in [4.69, 9.17) is 11.6 Å². The molecule has 0 fully saturated rings. The molecular formula is C21H15ClF2N4O2. The number of hydrogen-bond acceptors (Lipinski definition) is 3. The van der Waals surface area contributed by atoms with E-state index in [2.05, 4.69) is 25.3 Å². The van der Waals surface area contributed by atoms with Crippen LogP contribution in [-0.2, 0) is 0 Å². The zero-order valence-corrected chi connectivity index (χ0v) is 16.1. The van der Waals surface area contributed by atoms with E-state index >= 15 is 0 Å². The standard InChI is InChI=1S/C21H15ClF2N4O2/c22-16-10-14(7-8-18(16)30-20(23)24)28-21(29)27-13-5-3-12(4-6-13)15-11-26-17-2-1-9-25-19(15)17/h1-11,20,26H,(H2,27,28,29). The van der Waals surface area contributed by atoms with Gasteiger partial charge in [0.1, 0.15) is 5.75 Å². The molecule has 30 heavy (non-hydrogen) atoms. The number of urea groups is 1. The minimum Gasteiger partial charge on any atom is -0.433 e. The number of halogens is 3. The summed E-state index contributed by atoms with van der Waals surface area (Å²) in [5, 5.41) is 5.25. The number of carbonyl (C=O) groups excluding carboxylic acids is 1. The fourth-order valence-electron chi connectivity index (χ4n) is 2.97. The molecule has 0 aliphatic heterocycles. The number of hydrogen-bond donors (Lipinski definition) is 3. The van der Waals surface area contributed by atoms with Gasteiger partial charge in [0.25, 0.3) is 0 Å². The molecule has 6 nitrogen and oxygen atoms in total. The van der Waals surface area contributed by atoms with Crippen LogP contribution in [0.15, 0.2) is 67.0 Å². The van der Waals surface area contributed by atoms with E-state index in [1.165, 1.54) is 18.2 Å². The molecule has 152 valence electrons. The number of benzene rings is 2. The first-order valence-corrected chi connectivity index (χ1v) is 9.22. The number of aromatic nitrogens is 2. The van der Waals surface area contributed by atoms with E-state index in [9.17, 15) is 13.6 Å². The summed E-state index contributed by atoms with van der Waals surface area (Å²) >= 11 is 5.89. The Morgan fingerprint density at radius 1 is 1.07 bits per heavy atom. The monoisotopic (exact) mass is 428 g/mol. The quantitative estimate of drug-likeness (QED) is 0.358. The van der Waals surface area contributed by atoms with Gasteiger partial charge in [0.15, 0.2) is 0 Å². The van der Waals surface area contributed by atoms with Crippen molar-refractivity contribution in [2.24, 2.45) is 0 Å². The number of anilines is 2. The average molecular weight is 429 g/mol. The maximum Gasteiger partial charge on any atom is 0.387 e. The van der Waals surface area contributed by atoms with Crippen LogP contribution in [0.2, 0.25) is 5.02 Å². The maximum atomic E-state index is 12.3. The summed E-state index contributed by atoms with van der Waals surface area (Å²) in [6.07, 6.45) is 3.62. The van der Waals surface area contributed by atoms with Gasteiger partial charge in [-0.2, -0.15) is 8.78 Å². The fraction of sp³-hybridized carbons (Fsp3) is 0.0476. The Morgan fingerprint density at radius 2 is 1.80 bits per heavy atom. The van der Waals surface area contributed by atoms with Gasteiger partial charge in [-0.3, -0.25) is 4.98 Å². The zero-order chi connectivity index (χ0) is 21.1. The van der Waals surface area contributed by atoms with Crippen LogP contribution < -0.4 is 15.4 Å². The Morgan fingerprint density at radius 3 is 2.53 bits per heavy atom. The van der Waals surface area contributed by atoms with Crippen LogP contribution in [-0.4, -0.2) is 22.6 Å². The number of amides is 2. The van der Waals surface area contributed by atoms with E-state index in [0.717, 1.165) is 22.2 Å². The first kappa shape index (κ1) is 19.7. The summed E-state index contributed by atoms with van der Waals surface area (Å²) < 4.78 is 28.8. The molecule has 4 aromatic rings. The van der Waals surface area contributed by atoms with Gasteiger partial charge in [0.05, 0.1) is 16.1 Å². The smallest absolute Gasteiger partial charge is 0.387 e. The number of fused-ring (bicyclic) bond motifs is 1. The van der Waals surface area contributed by atoms with Gasteiger partial charge in [-0.1, -0.05) is 23.7 Å². The van der Waals surface area contributed by atoms with Crippen LogP contribution >= 0.6 is 11.6 Å². The topological polar surface area (TPSA) is 79.0 Å². The van der Waals surface area contributed by atoms with Crippen molar-refractivity contribution in [2.75, 3.05) is 10.6 Å². The highest BCUT2D eigenvalue weighted by molar-refractivity contribution is 6.32. The summed E-state index contributed by atoms with van der Waals surface area (Å²) in [7, 11) is 0. The Kier molecular flexibility index (Phi) is 5.49. The molecule has 0 bridgehead atoms. The number of nitrogens with zero attached hydrogens (tertiary/aromatic N) is 1. The number of alkyl halides is 2. The molecule has 2 aromatic carbocycles. The first-order chi connectivity index (χ1) is 14.5. The lowest BCUT2D eigenvalue weighted by molar-refractivity contribution is -0.0497. The van der Waals surface area contributed by atoms with Crippen molar-refractivity contribution in [3.63, 3.8) is 0 Å². The second kappa shape index (κ2) is 8.38. The Bertz CT molecular complexity index is 1200. The summed E-state index contributed by atoms with van der Waals surface area (Å²) in [6, 6.07) is 14.6. The molecule has 0 aliphatic carbocycles. The molecule has 0 saturated carbocycles. The van der Waals surface area contributed by atoms with Crippen LogP contribution in [0.4, 0.5) is 25.0 Å². The van der Waals surface area contributed by atoms with E-state index in [1.807, 2.05) is 30.5 Å². The molecule has 4 rings (SSSR count). The second-order valence-electron chi connectivity index (χ2n) is 6.28. The molecule has 3 N–H and O–H groups in total. The molecule has 0 atom stereocenters. The van der Waals surface area contributed by atoms with Crippen LogP contribution in [0, 0.1) is 0 Å². The van der Waals surface area contributed by atoms with Gasteiger partial charge in [0, 0.05) is 29.3 Å². The highest BCUT2D eigenvalue weighted by Crippen LogP contribution is 2.30. The van der Waals surface area contributed by atoms with Gasteiger partial charge in [-0.25, -0.2) is 4.79 Å². The molecule has 0 radical (unpaired) electrons. The minimum atomic E-state index is -2.98. The van der Waals surface area contributed by atoms with Crippen molar-refractivity contribution in [3.8, 4) is 16.9 Å². The Balaban J connectivity index is 1.42. The predicted molar refractivity (Wildman–Crippen MR) is 112 cm³/mol. The Labute approximate surface area is 174 Å². The lowest BCUT2D eigenvalue weighted by Gasteiger charge is -2.11. The number of rotatable bonds is 5. The lowest BCUT2D eigenvalue weighted by Crippen LogP contribution is -2.19. The third kappa shape index (κ3) is 4.33. The summed E-state index contributed by atoms with van der Waals surface area (Å²) in [4.78, 5) is 19.8. The van der Waals surface area contributed by atoms with Crippen LogP contribution in [0.1, 0.15) is 0 Å². The number of ether oxygens (including phenoxy) is 1. The van der Waals surface area contributed by atoms with Gasteiger partial charge >= 0.3 is 12.6 Å². The number of H-pyrrole nitrogens is 1. The minimum absolute atomic E-state index is 0.0372. The Hall–Kier alpha value is -3.65. The lowest BCUT2D eigenvalue weighted by atomic mass is 10.1. The molecule has 9 heteroatoms. The normalized spacial score (nSPS) is 10.9. The highest BCUT2D eigenvalue weighted by atomic mass is 35.5. The summed E-state index contributed by atoms with van der Waals surface area (Å²) in [6.45, 7) is -2.98. The van der Waals surface area contributed by atoms with Crippen molar-refractivity contribution < 1.29 is 18.3 Å². The highest BCUT2D eigenvalue weighted by Gasteiger charge is 2.11. The van der Waals surface area contributed by atoms with Crippen LogP contribution in [0.5, 0.6) is 5.75 Å². The molecule has 2 amide bonds. The van der Waals surface area contributed by atoms with Crippen molar-refractivity contribution in [1.82, 2.24) is 9.97 Å². The van der Waals surface area contributed by atoms with Crippen molar-refractivity contribution in [1.29, 1.82) is 0 Å². The first-order valence-electron chi connectivity index (χ1n) is 8.84. The SMILES string of the molecule is O=C(Nc1ccc(-c2c[nH]c3cccnc23)cc1)Nc1ccc(OC(F)F)c(Cl)c1. The molecule has 0 aliphatic rings. The maximum absolute atomic E-state index is 12.3. The van der Waals surface area contributed by atoms with Gasteiger partial charge in [-0.15, -0.1) is 0 Å². The van der Waals surface area contributed by atoms with Crippen molar-refractivity contribution in [3.05, 3.63) is 72.0 Å². The third-order valence-corrected chi connectivity index (χ3v) is 4.59. The largest absolute Gasteiger partial charge is 0.433 e. The van der Waals surface area contributed by atoms with Crippen LogP contribution in [0.25, 0.3) is 22.2 Å². The number of nitrogens with one attached hydrogen (secondary N) is 3. The summed E-state index contributed by atoms with van der Waals surface area (Å²) in [5.74, 6) is -0.167. The molecule has 2 heterocycles. The molecule has 0 unspecified atom stereocenters. The third-order valence-electron chi connectivity index (χ3n) is 4.29. The zero-order valence-electron chi connectivity index (χ0n) is 15.3. The fourth-order valence-corrected chi connectivity index (χ4v) is 3.20. The summed E-state index contributed by atoms with van der Waals surface area (Å²) in [5.41, 5.74) is 4.63. The van der Waals surface area contributed by atoms with E-state index in [-0.39, 0.29) is 10.8 Å². The average Bonchev–Trinajstić information content (AvgIpc) is 3.14. The molecule has 0 saturated heterocycles. The number of carbonyl (C=O) groups is 1. The van der Waals surface area contributed by atoms with Crippen LogP contribution in [0.3, 0.4) is 0 Å². The number of aromatic amines is 1. The van der Waals surface area contributed by atoms with Crippen molar-refractivity contribution in [2.45, 2.75) is 6.61 Å².